The smallest absolute Gasteiger partial charge is 0.260 e. The minimum absolute atomic E-state index is 0.0444. The quantitative estimate of drug-likeness (QED) is 0.762. The topological polar surface area (TPSA) is 63.7 Å². The van der Waals surface area contributed by atoms with Gasteiger partial charge in [-0.3, -0.25) is 4.79 Å². The van der Waals surface area contributed by atoms with Crippen molar-refractivity contribution >= 4 is 15.7 Å². The highest BCUT2D eigenvalue weighted by atomic mass is 32.2. The third kappa shape index (κ3) is 4.22. The van der Waals surface area contributed by atoms with Crippen molar-refractivity contribution in [3.63, 3.8) is 0 Å². The van der Waals surface area contributed by atoms with Crippen molar-refractivity contribution in [3.8, 4) is 5.75 Å². The first-order valence-electron chi connectivity index (χ1n) is 9.61. The van der Waals surface area contributed by atoms with Crippen LogP contribution in [0.4, 0.5) is 0 Å². The number of hydrogen-bond donors (Lipinski definition) is 0. The summed E-state index contributed by atoms with van der Waals surface area (Å²) >= 11 is 0. The molecule has 1 aromatic carbocycles. The fourth-order valence-corrected chi connectivity index (χ4v) is 6.01. The van der Waals surface area contributed by atoms with E-state index in [2.05, 4.69) is 13.8 Å². The Bertz CT molecular complexity index is 715. The van der Waals surface area contributed by atoms with Crippen LogP contribution in [-0.2, 0) is 14.6 Å². The molecule has 5 nitrogen and oxygen atoms in total. The molecular weight excluding hydrogens is 350 g/mol. The Morgan fingerprint density at radius 3 is 2.27 bits per heavy atom. The second-order valence-corrected chi connectivity index (χ2v) is 10.3. The van der Waals surface area contributed by atoms with Gasteiger partial charge in [0.05, 0.1) is 10.5 Å². The standard InChI is InChI=1S/C20H29NO4S/c1-15(2)16-8-10-17(11-9-16)25-14-20(22)21-12-19(13-21)26(23,24)18-6-4-3-5-7-18/h8-11,15,18-19H,3-7,12-14H2,1-2H3. The van der Waals surface area contributed by atoms with E-state index >= 15 is 0 Å². The summed E-state index contributed by atoms with van der Waals surface area (Å²) in [5.74, 6) is 0.970. The highest BCUT2D eigenvalue weighted by molar-refractivity contribution is 7.92. The number of amides is 1. The number of sulfone groups is 1. The average molecular weight is 380 g/mol. The van der Waals surface area contributed by atoms with E-state index in [1.54, 1.807) is 4.90 Å². The van der Waals surface area contributed by atoms with Gasteiger partial charge >= 0.3 is 0 Å². The van der Waals surface area contributed by atoms with Crippen molar-refractivity contribution < 1.29 is 17.9 Å². The van der Waals surface area contributed by atoms with Gasteiger partial charge in [-0.25, -0.2) is 8.42 Å². The predicted molar refractivity (Wildman–Crippen MR) is 102 cm³/mol. The molecule has 0 spiro atoms. The Morgan fingerprint density at radius 1 is 1.08 bits per heavy atom. The summed E-state index contributed by atoms with van der Waals surface area (Å²) in [6.07, 6.45) is 4.70. The van der Waals surface area contributed by atoms with Crippen LogP contribution >= 0.6 is 0 Å². The molecule has 0 aromatic heterocycles. The van der Waals surface area contributed by atoms with Crippen molar-refractivity contribution in [3.05, 3.63) is 29.8 Å². The van der Waals surface area contributed by atoms with E-state index in [1.807, 2.05) is 24.3 Å². The molecule has 0 radical (unpaired) electrons. The Kier molecular flexibility index (Phi) is 5.90. The molecule has 0 N–H and O–H groups in total. The number of ether oxygens (including phenoxy) is 1. The van der Waals surface area contributed by atoms with E-state index in [0.29, 0.717) is 24.8 Å². The molecule has 144 valence electrons. The number of likely N-dealkylation sites (tertiary alicyclic amines) is 1. The van der Waals surface area contributed by atoms with Crippen LogP contribution < -0.4 is 4.74 Å². The third-order valence-corrected chi connectivity index (χ3v) is 8.22. The van der Waals surface area contributed by atoms with Gasteiger partial charge in [0, 0.05) is 13.1 Å². The number of nitrogens with zero attached hydrogens (tertiary/aromatic N) is 1. The summed E-state index contributed by atoms with van der Waals surface area (Å²) in [6.45, 7) is 4.83. The third-order valence-electron chi connectivity index (χ3n) is 5.59. The number of hydrogen-bond acceptors (Lipinski definition) is 4. The second-order valence-electron chi connectivity index (χ2n) is 7.78. The normalized spacial score (nSPS) is 19.4. The first kappa shape index (κ1) is 19.2. The van der Waals surface area contributed by atoms with Crippen LogP contribution in [0, 0.1) is 0 Å². The molecule has 2 fully saturated rings. The van der Waals surface area contributed by atoms with E-state index in [9.17, 15) is 13.2 Å². The van der Waals surface area contributed by atoms with Gasteiger partial charge < -0.3 is 9.64 Å². The van der Waals surface area contributed by atoms with Crippen molar-refractivity contribution in [2.24, 2.45) is 0 Å². The van der Waals surface area contributed by atoms with Gasteiger partial charge in [0.15, 0.2) is 16.4 Å². The lowest BCUT2D eigenvalue weighted by atomic mass is 10.0. The van der Waals surface area contributed by atoms with Crippen LogP contribution in [0.1, 0.15) is 57.4 Å². The molecule has 26 heavy (non-hydrogen) atoms. The minimum atomic E-state index is -3.11. The molecule has 1 amide bonds. The van der Waals surface area contributed by atoms with Gasteiger partial charge in [0.1, 0.15) is 5.75 Å². The van der Waals surface area contributed by atoms with Gasteiger partial charge in [-0.1, -0.05) is 45.2 Å². The first-order valence-corrected chi connectivity index (χ1v) is 11.2. The fourth-order valence-electron chi connectivity index (χ4n) is 3.70. The lowest BCUT2D eigenvalue weighted by Crippen LogP contribution is -2.59. The summed E-state index contributed by atoms with van der Waals surface area (Å²) in [7, 11) is -3.11. The van der Waals surface area contributed by atoms with E-state index in [4.69, 9.17) is 4.74 Å². The highest BCUT2D eigenvalue weighted by Crippen LogP contribution is 2.29. The zero-order chi connectivity index (χ0) is 18.7. The lowest BCUT2D eigenvalue weighted by molar-refractivity contribution is -0.136. The van der Waals surface area contributed by atoms with Crippen LogP contribution in [0.5, 0.6) is 5.75 Å². The van der Waals surface area contributed by atoms with Crippen LogP contribution in [0.15, 0.2) is 24.3 Å². The van der Waals surface area contributed by atoms with Crippen molar-refractivity contribution in [1.82, 2.24) is 4.90 Å². The minimum Gasteiger partial charge on any atom is -0.484 e. The summed E-state index contributed by atoms with van der Waals surface area (Å²) in [4.78, 5) is 13.8. The Morgan fingerprint density at radius 2 is 1.69 bits per heavy atom. The van der Waals surface area contributed by atoms with Crippen molar-refractivity contribution in [2.75, 3.05) is 19.7 Å². The van der Waals surface area contributed by atoms with Gasteiger partial charge in [0.2, 0.25) is 0 Å². The molecule has 0 unspecified atom stereocenters. The number of rotatable bonds is 6. The van der Waals surface area contributed by atoms with Crippen LogP contribution in [0.2, 0.25) is 0 Å². The van der Waals surface area contributed by atoms with Gasteiger partial charge in [-0.2, -0.15) is 0 Å². The summed E-state index contributed by atoms with van der Waals surface area (Å²) in [6, 6.07) is 7.74. The SMILES string of the molecule is CC(C)c1ccc(OCC(=O)N2CC(S(=O)(=O)C3CCCCC3)C2)cc1. The van der Waals surface area contributed by atoms with Crippen LogP contribution in [0.25, 0.3) is 0 Å². The molecular formula is C20H29NO4S. The van der Waals surface area contributed by atoms with Gasteiger partial charge in [0.25, 0.3) is 5.91 Å². The van der Waals surface area contributed by atoms with Crippen LogP contribution in [-0.4, -0.2) is 49.4 Å². The highest BCUT2D eigenvalue weighted by Gasteiger charge is 2.43. The number of carbonyl (C=O) groups is 1. The molecule has 6 heteroatoms. The van der Waals surface area contributed by atoms with Crippen LogP contribution in [0.3, 0.4) is 0 Å². The summed E-state index contributed by atoms with van der Waals surface area (Å²) in [5, 5.41) is -0.589. The predicted octanol–water partition coefficient (Wildman–Crippen LogP) is 3.15. The second kappa shape index (κ2) is 7.99. The molecule has 3 rings (SSSR count). The molecule has 1 saturated carbocycles. The van der Waals surface area contributed by atoms with E-state index in [-0.39, 0.29) is 23.0 Å². The molecule has 2 aliphatic rings. The number of carbonyl (C=O) groups excluding carboxylic acids is 1. The Balaban J connectivity index is 1.46. The number of benzene rings is 1. The molecule has 1 aliphatic heterocycles. The Hall–Kier alpha value is -1.56. The fraction of sp³-hybridized carbons (Fsp3) is 0.650. The van der Waals surface area contributed by atoms with E-state index < -0.39 is 9.84 Å². The molecule has 0 bridgehead atoms. The molecule has 1 heterocycles. The molecule has 1 aliphatic carbocycles. The molecule has 0 atom stereocenters. The average Bonchev–Trinajstić information content (AvgIpc) is 2.59. The zero-order valence-corrected chi connectivity index (χ0v) is 16.5. The first-order chi connectivity index (χ1) is 12.4. The van der Waals surface area contributed by atoms with E-state index in [0.717, 1.165) is 32.1 Å². The summed E-state index contributed by atoms with van der Waals surface area (Å²) in [5.41, 5.74) is 1.22. The molecule has 1 saturated heterocycles. The summed E-state index contributed by atoms with van der Waals surface area (Å²) < 4.78 is 30.8. The maximum atomic E-state index is 12.6. The Labute approximate surface area is 156 Å². The van der Waals surface area contributed by atoms with Gasteiger partial charge in [-0.15, -0.1) is 0 Å². The van der Waals surface area contributed by atoms with Crippen molar-refractivity contribution in [2.45, 2.75) is 62.4 Å². The maximum absolute atomic E-state index is 12.6. The maximum Gasteiger partial charge on any atom is 0.260 e. The molecule has 1 aromatic rings. The van der Waals surface area contributed by atoms with E-state index in [1.165, 1.54) is 5.56 Å². The van der Waals surface area contributed by atoms with Crippen molar-refractivity contribution in [1.29, 1.82) is 0 Å². The van der Waals surface area contributed by atoms with Gasteiger partial charge in [-0.05, 0) is 36.5 Å². The largest absolute Gasteiger partial charge is 0.484 e. The monoisotopic (exact) mass is 379 g/mol. The zero-order valence-electron chi connectivity index (χ0n) is 15.7. The lowest BCUT2D eigenvalue weighted by Gasteiger charge is -2.40.